The lowest BCUT2D eigenvalue weighted by Gasteiger charge is -2.22. The van der Waals surface area contributed by atoms with Gasteiger partial charge in [0.25, 0.3) is 0 Å². The van der Waals surface area contributed by atoms with Crippen LogP contribution in [0.3, 0.4) is 0 Å². The minimum atomic E-state index is -4.80. The SMILES string of the molecule is N=S(=O)(NCCC=C1c2ccccc2Sc2ccccc21)c1ccc(OC(F)(F)F)cc1. The summed E-state index contributed by atoms with van der Waals surface area (Å²) in [5.41, 5.74) is 3.34. The molecule has 0 aliphatic carbocycles. The summed E-state index contributed by atoms with van der Waals surface area (Å²) in [6.45, 7) is 0.268. The van der Waals surface area contributed by atoms with Crippen LogP contribution in [-0.4, -0.2) is 17.1 Å². The summed E-state index contributed by atoms with van der Waals surface area (Å²) < 4.78 is 64.2. The Labute approximate surface area is 188 Å². The molecule has 32 heavy (non-hydrogen) atoms. The predicted molar refractivity (Wildman–Crippen MR) is 119 cm³/mol. The maximum Gasteiger partial charge on any atom is 0.573 e. The topological polar surface area (TPSA) is 62.2 Å². The number of hydrogen-bond donors (Lipinski definition) is 2. The van der Waals surface area contributed by atoms with Crippen molar-refractivity contribution in [3.63, 3.8) is 0 Å². The van der Waals surface area contributed by atoms with Crippen LogP contribution < -0.4 is 9.46 Å². The van der Waals surface area contributed by atoms with E-state index < -0.39 is 22.0 Å². The first-order valence-corrected chi connectivity index (χ1v) is 12.1. The molecule has 4 rings (SSSR count). The molecule has 1 unspecified atom stereocenters. The lowest BCUT2D eigenvalue weighted by Crippen LogP contribution is -2.23. The zero-order valence-electron chi connectivity index (χ0n) is 16.7. The van der Waals surface area contributed by atoms with E-state index in [0.29, 0.717) is 6.42 Å². The Hall–Kier alpha value is -2.75. The number of alkyl halides is 3. The van der Waals surface area contributed by atoms with Crippen LogP contribution in [0.2, 0.25) is 0 Å². The molecule has 0 amide bonds. The molecule has 1 heterocycles. The van der Waals surface area contributed by atoms with Crippen molar-refractivity contribution in [1.29, 1.82) is 4.78 Å². The van der Waals surface area contributed by atoms with Crippen molar-refractivity contribution in [2.45, 2.75) is 27.5 Å². The number of rotatable bonds is 6. The van der Waals surface area contributed by atoms with Crippen molar-refractivity contribution in [2.75, 3.05) is 6.54 Å². The Morgan fingerprint density at radius 1 is 0.938 bits per heavy atom. The van der Waals surface area contributed by atoms with Crippen LogP contribution in [0.15, 0.2) is 93.6 Å². The van der Waals surface area contributed by atoms with Crippen LogP contribution in [0.25, 0.3) is 5.57 Å². The van der Waals surface area contributed by atoms with E-state index in [-0.39, 0.29) is 11.4 Å². The molecule has 0 bridgehead atoms. The molecule has 9 heteroatoms. The highest BCUT2D eigenvalue weighted by Crippen LogP contribution is 2.45. The van der Waals surface area contributed by atoms with Crippen LogP contribution in [0.1, 0.15) is 17.5 Å². The van der Waals surface area contributed by atoms with Gasteiger partial charge in [-0.05, 0) is 59.5 Å². The summed E-state index contributed by atoms with van der Waals surface area (Å²) in [6, 6.07) is 20.8. The van der Waals surface area contributed by atoms with Gasteiger partial charge in [-0.3, -0.25) is 0 Å². The number of fused-ring (bicyclic) bond motifs is 2. The summed E-state index contributed by atoms with van der Waals surface area (Å²) in [6.07, 6.45) is -2.22. The van der Waals surface area contributed by atoms with Gasteiger partial charge in [-0.15, -0.1) is 13.2 Å². The van der Waals surface area contributed by atoms with E-state index in [0.717, 1.165) is 38.6 Å². The maximum atomic E-state index is 12.7. The van der Waals surface area contributed by atoms with Crippen LogP contribution in [0.4, 0.5) is 13.2 Å². The Kier molecular flexibility index (Phi) is 6.32. The fourth-order valence-corrected chi connectivity index (χ4v) is 5.57. The molecule has 0 saturated carbocycles. The normalized spacial score (nSPS) is 14.8. The molecule has 3 aromatic rings. The lowest BCUT2D eigenvalue weighted by molar-refractivity contribution is -0.274. The van der Waals surface area contributed by atoms with E-state index in [4.69, 9.17) is 4.78 Å². The second kappa shape index (κ2) is 9.01. The third-order valence-corrected chi connectivity index (χ3v) is 7.46. The second-order valence-corrected chi connectivity index (χ2v) is 9.93. The zero-order chi connectivity index (χ0) is 22.8. The highest BCUT2D eigenvalue weighted by atomic mass is 32.2. The van der Waals surface area contributed by atoms with Crippen LogP contribution in [0, 0.1) is 4.78 Å². The van der Waals surface area contributed by atoms with E-state index in [1.54, 1.807) is 11.8 Å². The van der Waals surface area contributed by atoms with Crippen molar-refractivity contribution in [1.82, 2.24) is 4.72 Å². The molecule has 1 aliphatic rings. The molecular weight excluding hydrogens is 457 g/mol. The third kappa shape index (κ3) is 5.17. The van der Waals surface area contributed by atoms with E-state index in [1.807, 2.05) is 24.3 Å². The Balaban J connectivity index is 1.46. The van der Waals surface area contributed by atoms with Crippen molar-refractivity contribution < 1.29 is 22.1 Å². The van der Waals surface area contributed by atoms with Gasteiger partial charge in [0, 0.05) is 16.3 Å². The van der Waals surface area contributed by atoms with Gasteiger partial charge in [0.15, 0.2) is 0 Å². The Morgan fingerprint density at radius 2 is 1.50 bits per heavy atom. The molecular formula is C23H19F3N2O2S2. The van der Waals surface area contributed by atoms with Crippen molar-refractivity contribution in [3.05, 3.63) is 90.0 Å². The largest absolute Gasteiger partial charge is 0.573 e. The first kappa shape index (κ1) is 22.4. The smallest absolute Gasteiger partial charge is 0.406 e. The number of halogens is 3. The van der Waals surface area contributed by atoms with E-state index in [9.17, 15) is 17.4 Å². The molecule has 166 valence electrons. The summed E-state index contributed by atoms with van der Waals surface area (Å²) in [4.78, 5) is 2.41. The summed E-state index contributed by atoms with van der Waals surface area (Å²) in [5, 5.41) is 0. The average molecular weight is 477 g/mol. The number of ether oxygens (including phenoxy) is 1. The van der Waals surface area contributed by atoms with Gasteiger partial charge in [0.05, 0.1) is 4.90 Å². The van der Waals surface area contributed by atoms with Crippen LogP contribution in [0.5, 0.6) is 5.75 Å². The third-order valence-electron chi connectivity index (χ3n) is 4.76. The van der Waals surface area contributed by atoms with Crippen LogP contribution >= 0.6 is 11.8 Å². The average Bonchev–Trinajstić information content (AvgIpc) is 2.75. The zero-order valence-corrected chi connectivity index (χ0v) is 18.3. The minimum Gasteiger partial charge on any atom is -0.406 e. The summed E-state index contributed by atoms with van der Waals surface area (Å²) >= 11 is 1.72. The molecule has 2 N–H and O–H groups in total. The number of hydrogen-bond acceptors (Lipinski definition) is 4. The summed E-state index contributed by atoms with van der Waals surface area (Å²) in [7, 11) is -3.36. The lowest BCUT2D eigenvalue weighted by atomic mass is 9.96. The molecule has 0 radical (unpaired) electrons. The number of nitrogens with one attached hydrogen (secondary N) is 2. The molecule has 0 aromatic heterocycles. The molecule has 3 aromatic carbocycles. The molecule has 4 nitrogen and oxygen atoms in total. The molecule has 1 aliphatic heterocycles. The van der Waals surface area contributed by atoms with Crippen LogP contribution in [-0.2, 0) is 9.92 Å². The first-order valence-electron chi connectivity index (χ1n) is 9.69. The molecule has 0 saturated heterocycles. The fraction of sp³-hybridized carbons (Fsp3) is 0.130. The van der Waals surface area contributed by atoms with E-state index in [1.165, 1.54) is 12.1 Å². The maximum absolute atomic E-state index is 12.7. The van der Waals surface area contributed by atoms with Crippen molar-refractivity contribution in [2.24, 2.45) is 0 Å². The Bertz CT molecular complexity index is 1210. The predicted octanol–water partition coefficient (Wildman–Crippen LogP) is 6.48. The fourth-order valence-electron chi connectivity index (χ4n) is 3.38. The molecule has 1 atom stereocenters. The van der Waals surface area contributed by atoms with Crippen molar-refractivity contribution in [3.8, 4) is 5.75 Å². The first-order chi connectivity index (χ1) is 15.2. The Morgan fingerprint density at radius 3 is 2.06 bits per heavy atom. The highest BCUT2D eigenvalue weighted by molar-refractivity contribution is 7.99. The minimum absolute atomic E-state index is 0.0874. The van der Waals surface area contributed by atoms with Crippen molar-refractivity contribution >= 4 is 27.3 Å². The van der Waals surface area contributed by atoms with Gasteiger partial charge in [-0.25, -0.2) is 13.7 Å². The van der Waals surface area contributed by atoms with Gasteiger partial charge >= 0.3 is 6.36 Å². The standard InChI is InChI=1S/C23H19F3N2O2S2/c24-23(25,26)30-16-11-13-17(14-12-16)32(27,29)28-15-5-8-18-19-6-1-3-9-21(19)31-22-10-4-2-7-20(18)22/h1-4,6-14H,5,15H2,(H2,27,28,29). The van der Waals surface area contributed by atoms with Gasteiger partial charge < -0.3 is 4.74 Å². The van der Waals surface area contributed by atoms with E-state index >= 15 is 0 Å². The monoisotopic (exact) mass is 476 g/mol. The van der Waals surface area contributed by atoms with Gasteiger partial charge in [0.1, 0.15) is 15.7 Å². The van der Waals surface area contributed by atoms with Gasteiger partial charge in [-0.1, -0.05) is 54.2 Å². The molecule has 0 fully saturated rings. The van der Waals surface area contributed by atoms with Gasteiger partial charge in [-0.2, -0.15) is 0 Å². The second-order valence-electron chi connectivity index (χ2n) is 6.97. The van der Waals surface area contributed by atoms with Gasteiger partial charge in [0.2, 0.25) is 0 Å². The highest BCUT2D eigenvalue weighted by Gasteiger charge is 2.31. The quantitative estimate of drug-likeness (QED) is 0.313. The summed E-state index contributed by atoms with van der Waals surface area (Å²) in [5.74, 6) is -0.423. The molecule has 0 spiro atoms. The number of benzene rings is 3. The van der Waals surface area contributed by atoms with E-state index in [2.05, 4.69) is 39.8 Å².